The lowest BCUT2D eigenvalue weighted by atomic mass is 10.1. The van der Waals surface area contributed by atoms with E-state index < -0.39 is 11.7 Å². The summed E-state index contributed by atoms with van der Waals surface area (Å²) in [6, 6.07) is 11.7. The number of amides is 1. The predicted octanol–water partition coefficient (Wildman–Crippen LogP) is 4.65. The molecular formula is C17H12F2N2OS. The molecule has 6 heteroatoms. The van der Waals surface area contributed by atoms with Gasteiger partial charge in [0.1, 0.15) is 11.6 Å². The lowest BCUT2D eigenvalue weighted by Crippen LogP contribution is -2.13. The topological polar surface area (TPSA) is 42.0 Å². The molecule has 0 saturated carbocycles. The molecule has 0 bridgehead atoms. The fourth-order valence-electron chi connectivity index (χ4n) is 2.14. The van der Waals surface area contributed by atoms with Crippen molar-refractivity contribution in [2.75, 3.05) is 5.32 Å². The Hall–Kier alpha value is -2.60. The van der Waals surface area contributed by atoms with E-state index in [1.807, 2.05) is 6.92 Å². The number of halogens is 2. The quantitative estimate of drug-likeness (QED) is 0.759. The summed E-state index contributed by atoms with van der Waals surface area (Å²) in [6.45, 7) is 1.86. The van der Waals surface area contributed by atoms with Gasteiger partial charge in [-0.15, -0.1) is 11.3 Å². The molecule has 1 N–H and O–H groups in total. The number of benzene rings is 2. The monoisotopic (exact) mass is 330 g/mol. The van der Waals surface area contributed by atoms with Gasteiger partial charge in [0, 0.05) is 10.4 Å². The SMILES string of the molecule is Cc1sc(NC(=O)c2ccccc2F)nc1-c1ccc(F)cc1. The van der Waals surface area contributed by atoms with Crippen LogP contribution < -0.4 is 5.32 Å². The van der Waals surface area contributed by atoms with Gasteiger partial charge in [0.25, 0.3) is 5.91 Å². The number of thiazole rings is 1. The van der Waals surface area contributed by atoms with E-state index in [0.29, 0.717) is 10.8 Å². The molecule has 2 aromatic carbocycles. The van der Waals surface area contributed by atoms with Crippen LogP contribution in [0.15, 0.2) is 48.5 Å². The third-order valence-electron chi connectivity index (χ3n) is 3.25. The van der Waals surface area contributed by atoms with Crippen LogP contribution in [0.4, 0.5) is 13.9 Å². The predicted molar refractivity (Wildman–Crippen MR) is 86.6 cm³/mol. The number of rotatable bonds is 3. The summed E-state index contributed by atoms with van der Waals surface area (Å²) in [5.74, 6) is -1.46. The highest BCUT2D eigenvalue weighted by Crippen LogP contribution is 2.30. The summed E-state index contributed by atoms with van der Waals surface area (Å²) in [4.78, 5) is 17.3. The molecule has 0 aliphatic rings. The van der Waals surface area contributed by atoms with Crippen LogP contribution in [0, 0.1) is 18.6 Å². The van der Waals surface area contributed by atoms with E-state index in [4.69, 9.17) is 0 Å². The third-order valence-corrected chi connectivity index (χ3v) is 4.14. The molecule has 1 aromatic heterocycles. The van der Waals surface area contributed by atoms with Crippen molar-refractivity contribution in [2.24, 2.45) is 0 Å². The summed E-state index contributed by atoms with van der Waals surface area (Å²) in [5.41, 5.74) is 1.38. The Bertz CT molecular complexity index is 859. The van der Waals surface area contributed by atoms with Crippen molar-refractivity contribution >= 4 is 22.4 Å². The average molecular weight is 330 g/mol. The Morgan fingerprint density at radius 2 is 1.78 bits per heavy atom. The number of hydrogen-bond acceptors (Lipinski definition) is 3. The van der Waals surface area contributed by atoms with Crippen molar-refractivity contribution in [3.8, 4) is 11.3 Å². The molecule has 0 radical (unpaired) electrons. The van der Waals surface area contributed by atoms with Crippen molar-refractivity contribution in [3.05, 3.63) is 70.6 Å². The molecular weight excluding hydrogens is 318 g/mol. The first-order chi connectivity index (χ1) is 11.0. The molecule has 0 spiro atoms. The van der Waals surface area contributed by atoms with E-state index in [9.17, 15) is 13.6 Å². The van der Waals surface area contributed by atoms with Gasteiger partial charge in [-0.05, 0) is 43.3 Å². The van der Waals surface area contributed by atoms with Gasteiger partial charge in [-0.3, -0.25) is 10.1 Å². The molecule has 3 aromatic rings. The maximum atomic E-state index is 13.6. The maximum absolute atomic E-state index is 13.6. The van der Waals surface area contributed by atoms with Gasteiger partial charge in [-0.25, -0.2) is 13.8 Å². The highest BCUT2D eigenvalue weighted by Gasteiger charge is 2.15. The minimum atomic E-state index is -0.586. The number of anilines is 1. The van der Waals surface area contributed by atoms with Crippen molar-refractivity contribution in [1.82, 2.24) is 4.98 Å². The second-order valence-corrected chi connectivity index (χ2v) is 6.07. The minimum absolute atomic E-state index is 0.0383. The van der Waals surface area contributed by atoms with Crippen LogP contribution in [0.2, 0.25) is 0 Å². The van der Waals surface area contributed by atoms with Gasteiger partial charge in [0.05, 0.1) is 11.3 Å². The van der Waals surface area contributed by atoms with Crippen LogP contribution >= 0.6 is 11.3 Å². The molecule has 23 heavy (non-hydrogen) atoms. The molecule has 0 fully saturated rings. The van der Waals surface area contributed by atoms with Crippen molar-refractivity contribution in [3.63, 3.8) is 0 Å². The van der Waals surface area contributed by atoms with Gasteiger partial charge in [-0.1, -0.05) is 12.1 Å². The summed E-state index contributed by atoms with van der Waals surface area (Å²) in [7, 11) is 0. The molecule has 3 nitrogen and oxygen atoms in total. The highest BCUT2D eigenvalue weighted by molar-refractivity contribution is 7.16. The Morgan fingerprint density at radius 1 is 1.09 bits per heavy atom. The van der Waals surface area contributed by atoms with Crippen LogP contribution in [0.5, 0.6) is 0 Å². The standard InChI is InChI=1S/C17H12F2N2OS/c1-10-15(11-6-8-12(18)9-7-11)20-17(23-10)21-16(22)13-4-2-3-5-14(13)19/h2-9H,1H3,(H,20,21,22). The van der Waals surface area contributed by atoms with Crippen molar-refractivity contribution < 1.29 is 13.6 Å². The fraction of sp³-hybridized carbons (Fsp3) is 0.0588. The zero-order valence-electron chi connectivity index (χ0n) is 12.1. The van der Waals surface area contributed by atoms with Crippen LogP contribution in [0.25, 0.3) is 11.3 Å². The average Bonchev–Trinajstić information content (AvgIpc) is 2.89. The molecule has 3 rings (SSSR count). The Morgan fingerprint density at radius 3 is 2.48 bits per heavy atom. The maximum Gasteiger partial charge on any atom is 0.260 e. The minimum Gasteiger partial charge on any atom is -0.298 e. The summed E-state index contributed by atoms with van der Waals surface area (Å²) >= 11 is 1.28. The first kappa shape index (κ1) is 15.3. The van der Waals surface area contributed by atoms with Crippen LogP contribution in [-0.2, 0) is 0 Å². The number of nitrogens with one attached hydrogen (secondary N) is 1. The second kappa shape index (κ2) is 6.26. The number of aryl methyl sites for hydroxylation is 1. The van der Waals surface area contributed by atoms with Gasteiger partial charge in [0.15, 0.2) is 5.13 Å². The first-order valence-electron chi connectivity index (χ1n) is 6.84. The van der Waals surface area contributed by atoms with E-state index in [1.165, 1.54) is 41.7 Å². The van der Waals surface area contributed by atoms with Crippen LogP contribution in [0.1, 0.15) is 15.2 Å². The van der Waals surface area contributed by atoms with Crippen LogP contribution in [0.3, 0.4) is 0 Å². The van der Waals surface area contributed by atoms with Gasteiger partial charge < -0.3 is 0 Å². The van der Waals surface area contributed by atoms with E-state index in [-0.39, 0.29) is 11.4 Å². The number of nitrogens with zero attached hydrogens (tertiary/aromatic N) is 1. The molecule has 0 aliphatic carbocycles. The largest absolute Gasteiger partial charge is 0.298 e. The number of hydrogen-bond donors (Lipinski definition) is 1. The molecule has 116 valence electrons. The summed E-state index contributed by atoms with van der Waals surface area (Å²) < 4.78 is 26.6. The number of aromatic nitrogens is 1. The van der Waals surface area contributed by atoms with E-state index in [0.717, 1.165) is 10.4 Å². The smallest absolute Gasteiger partial charge is 0.260 e. The fourth-order valence-corrected chi connectivity index (χ4v) is 2.97. The Balaban J connectivity index is 1.85. The Kier molecular flexibility index (Phi) is 4.16. The molecule has 1 heterocycles. The molecule has 1 amide bonds. The van der Waals surface area contributed by atoms with Crippen LogP contribution in [-0.4, -0.2) is 10.9 Å². The van der Waals surface area contributed by atoms with E-state index in [1.54, 1.807) is 18.2 Å². The lowest BCUT2D eigenvalue weighted by molar-refractivity contribution is 0.102. The molecule has 0 saturated heterocycles. The van der Waals surface area contributed by atoms with Crippen molar-refractivity contribution in [2.45, 2.75) is 6.92 Å². The molecule has 0 aliphatic heterocycles. The number of carbonyl (C=O) groups excluding carboxylic acids is 1. The third kappa shape index (κ3) is 3.27. The Labute approximate surface area is 135 Å². The van der Waals surface area contributed by atoms with Gasteiger partial charge >= 0.3 is 0 Å². The zero-order chi connectivity index (χ0) is 16.4. The lowest BCUT2D eigenvalue weighted by Gasteiger charge is -2.02. The summed E-state index contributed by atoms with van der Waals surface area (Å²) in [6.07, 6.45) is 0. The second-order valence-electron chi connectivity index (χ2n) is 4.86. The molecule has 0 unspecified atom stereocenters. The molecule has 0 atom stereocenters. The highest BCUT2D eigenvalue weighted by atomic mass is 32.1. The van der Waals surface area contributed by atoms with Crippen molar-refractivity contribution in [1.29, 1.82) is 0 Å². The normalized spacial score (nSPS) is 10.6. The van der Waals surface area contributed by atoms with E-state index in [2.05, 4.69) is 10.3 Å². The number of carbonyl (C=O) groups is 1. The van der Waals surface area contributed by atoms with Gasteiger partial charge in [-0.2, -0.15) is 0 Å². The first-order valence-corrected chi connectivity index (χ1v) is 7.65. The van der Waals surface area contributed by atoms with Gasteiger partial charge in [0.2, 0.25) is 0 Å². The van der Waals surface area contributed by atoms with E-state index >= 15 is 0 Å². The zero-order valence-corrected chi connectivity index (χ0v) is 13.0. The summed E-state index contributed by atoms with van der Waals surface area (Å²) in [5, 5.41) is 2.97.